The zero-order valence-electron chi connectivity index (χ0n) is 13.3. The maximum Gasteiger partial charge on any atom is 0.151 e. The van der Waals surface area contributed by atoms with Gasteiger partial charge in [0.2, 0.25) is 0 Å². The van der Waals surface area contributed by atoms with E-state index in [1.807, 2.05) is 41.1 Å². The maximum atomic E-state index is 6.01. The Hall–Kier alpha value is -2.18. The van der Waals surface area contributed by atoms with E-state index in [9.17, 15) is 0 Å². The van der Waals surface area contributed by atoms with E-state index in [1.165, 1.54) is 12.8 Å². The molecule has 124 valence electrons. The van der Waals surface area contributed by atoms with Crippen molar-refractivity contribution in [3.63, 3.8) is 0 Å². The molecule has 4 heterocycles. The second-order valence-electron chi connectivity index (χ2n) is 6.05. The van der Waals surface area contributed by atoms with Crippen molar-refractivity contribution in [2.24, 2.45) is 0 Å². The third kappa shape index (κ3) is 3.20. The molecule has 0 bridgehead atoms. The fraction of sp³-hybridized carbons (Fsp3) is 0.353. The molecule has 0 radical (unpaired) electrons. The molecule has 1 fully saturated rings. The van der Waals surface area contributed by atoms with Crippen LogP contribution in [0.15, 0.2) is 42.9 Å². The molecule has 0 aliphatic carbocycles. The van der Waals surface area contributed by atoms with E-state index >= 15 is 0 Å². The molecule has 1 saturated heterocycles. The van der Waals surface area contributed by atoms with Gasteiger partial charge in [0, 0.05) is 44.3 Å². The van der Waals surface area contributed by atoms with Gasteiger partial charge in [-0.2, -0.15) is 5.10 Å². The monoisotopic (exact) mass is 342 g/mol. The smallest absolute Gasteiger partial charge is 0.151 e. The average molecular weight is 343 g/mol. The van der Waals surface area contributed by atoms with Gasteiger partial charge in [-0.25, -0.2) is 4.98 Å². The zero-order valence-corrected chi connectivity index (χ0v) is 14.0. The number of imidazole rings is 1. The van der Waals surface area contributed by atoms with Crippen LogP contribution in [0.2, 0.25) is 5.02 Å². The zero-order chi connectivity index (χ0) is 16.4. The van der Waals surface area contributed by atoms with Gasteiger partial charge in [0.05, 0.1) is 10.7 Å². The van der Waals surface area contributed by atoms with Gasteiger partial charge in [-0.15, -0.1) is 5.10 Å². The van der Waals surface area contributed by atoms with Gasteiger partial charge in [0.1, 0.15) is 5.65 Å². The average Bonchev–Trinajstić information content (AvgIpc) is 3.22. The number of pyridine rings is 1. The molecule has 6 nitrogen and oxygen atoms in total. The molecular weight excluding hydrogens is 324 g/mol. The normalized spacial score (nSPS) is 17.7. The van der Waals surface area contributed by atoms with E-state index in [-0.39, 0.29) is 0 Å². The Morgan fingerprint density at radius 3 is 3.08 bits per heavy atom. The van der Waals surface area contributed by atoms with E-state index in [0.717, 1.165) is 36.8 Å². The summed E-state index contributed by atoms with van der Waals surface area (Å²) in [6, 6.07) is 8.20. The highest BCUT2D eigenvalue weighted by Crippen LogP contribution is 2.22. The lowest BCUT2D eigenvalue weighted by Gasteiger charge is -2.25. The Bertz CT molecular complexity index is 818. The SMILES string of the molecule is Clc1ccc2nc(CNCC3CCCN3c3cccnn3)cn2c1. The second-order valence-corrected chi connectivity index (χ2v) is 6.48. The highest BCUT2D eigenvalue weighted by molar-refractivity contribution is 6.30. The van der Waals surface area contributed by atoms with Crippen LogP contribution in [0.1, 0.15) is 18.5 Å². The van der Waals surface area contributed by atoms with E-state index in [4.69, 9.17) is 11.6 Å². The Morgan fingerprint density at radius 2 is 2.21 bits per heavy atom. The van der Waals surface area contributed by atoms with Gasteiger partial charge in [-0.3, -0.25) is 0 Å². The first-order chi connectivity index (χ1) is 11.8. The van der Waals surface area contributed by atoms with Gasteiger partial charge in [-0.05, 0) is 37.1 Å². The molecule has 4 rings (SSSR count). The molecule has 1 unspecified atom stereocenters. The summed E-state index contributed by atoms with van der Waals surface area (Å²) in [5.41, 5.74) is 1.93. The van der Waals surface area contributed by atoms with Crippen LogP contribution in [0.3, 0.4) is 0 Å². The lowest BCUT2D eigenvalue weighted by molar-refractivity contribution is 0.566. The highest BCUT2D eigenvalue weighted by atomic mass is 35.5. The topological polar surface area (TPSA) is 58.4 Å². The minimum absolute atomic E-state index is 0.452. The number of aromatic nitrogens is 4. The second kappa shape index (κ2) is 6.75. The van der Waals surface area contributed by atoms with Crippen molar-refractivity contribution in [2.45, 2.75) is 25.4 Å². The van der Waals surface area contributed by atoms with Crippen LogP contribution < -0.4 is 10.2 Å². The predicted octanol–water partition coefficient (Wildman–Crippen LogP) is 2.54. The molecular formula is C17H19ClN6. The minimum atomic E-state index is 0.452. The third-order valence-corrected chi connectivity index (χ3v) is 4.60. The Labute approximate surface area is 145 Å². The van der Waals surface area contributed by atoms with Gasteiger partial charge < -0.3 is 14.6 Å². The number of anilines is 1. The number of fused-ring (bicyclic) bond motifs is 1. The summed E-state index contributed by atoms with van der Waals surface area (Å²) in [4.78, 5) is 6.94. The highest BCUT2D eigenvalue weighted by Gasteiger charge is 2.25. The molecule has 1 N–H and O–H groups in total. The number of halogens is 1. The van der Waals surface area contributed by atoms with E-state index in [2.05, 4.69) is 25.4 Å². The molecule has 1 aliphatic rings. The lowest BCUT2D eigenvalue weighted by atomic mass is 10.2. The summed E-state index contributed by atoms with van der Waals surface area (Å²) in [6.45, 7) is 2.69. The molecule has 0 aromatic carbocycles. The first-order valence-corrected chi connectivity index (χ1v) is 8.55. The molecule has 24 heavy (non-hydrogen) atoms. The molecule has 1 aliphatic heterocycles. The van der Waals surface area contributed by atoms with Crippen LogP contribution >= 0.6 is 11.6 Å². The van der Waals surface area contributed by atoms with Crippen molar-refractivity contribution >= 4 is 23.1 Å². The fourth-order valence-corrected chi connectivity index (χ4v) is 3.43. The molecule has 0 amide bonds. The van der Waals surface area contributed by atoms with Crippen molar-refractivity contribution in [1.82, 2.24) is 24.9 Å². The van der Waals surface area contributed by atoms with E-state index in [1.54, 1.807) is 6.20 Å². The van der Waals surface area contributed by atoms with Crippen molar-refractivity contribution in [2.75, 3.05) is 18.0 Å². The Kier molecular flexibility index (Phi) is 4.32. The van der Waals surface area contributed by atoms with Crippen molar-refractivity contribution in [1.29, 1.82) is 0 Å². The fourth-order valence-electron chi connectivity index (χ4n) is 3.27. The van der Waals surface area contributed by atoms with Gasteiger partial charge in [0.15, 0.2) is 5.82 Å². The first kappa shape index (κ1) is 15.4. The summed E-state index contributed by atoms with van der Waals surface area (Å²) < 4.78 is 1.96. The summed E-state index contributed by atoms with van der Waals surface area (Å²) in [5, 5.41) is 12.5. The number of hydrogen-bond donors (Lipinski definition) is 1. The predicted molar refractivity (Wildman–Crippen MR) is 94.3 cm³/mol. The standard InChI is InChI=1S/C17H19ClN6/c18-13-5-6-16-21-14(12-23(16)11-13)9-19-10-15-3-2-8-24(15)17-4-1-7-20-22-17/h1,4-7,11-12,15,19H,2-3,8-10H2. The van der Waals surface area contributed by atoms with Crippen LogP contribution in [0.5, 0.6) is 0 Å². The molecule has 1 atom stereocenters. The molecule has 0 saturated carbocycles. The maximum absolute atomic E-state index is 6.01. The summed E-state index contributed by atoms with van der Waals surface area (Å²) in [6.07, 6.45) is 7.96. The largest absolute Gasteiger partial charge is 0.351 e. The summed E-state index contributed by atoms with van der Waals surface area (Å²) in [5.74, 6) is 0.962. The lowest BCUT2D eigenvalue weighted by Crippen LogP contribution is -2.38. The number of rotatable bonds is 5. The van der Waals surface area contributed by atoms with Crippen molar-refractivity contribution in [3.05, 3.63) is 53.6 Å². The molecule has 7 heteroatoms. The van der Waals surface area contributed by atoms with E-state index < -0.39 is 0 Å². The minimum Gasteiger partial charge on any atom is -0.351 e. The van der Waals surface area contributed by atoms with Crippen molar-refractivity contribution < 1.29 is 0 Å². The molecule has 3 aromatic rings. The first-order valence-electron chi connectivity index (χ1n) is 8.18. The number of nitrogens with zero attached hydrogens (tertiary/aromatic N) is 5. The van der Waals surface area contributed by atoms with Crippen LogP contribution in [-0.2, 0) is 6.54 Å². The van der Waals surface area contributed by atoms with Gasteiger partial charge in [-0.1, -0.05) is 11.6 Å². The van der Waals surface area contributed by atoms with E-state index in [0.29, 0.717) is 11.1 Å². The van der Waals surface area contributed by atoms with Crippen LogP contribution in [-0.4, -0.2) is 38.7 Å². The summed E-state index contributed by atoms with van der Waals surface area (Å²) >= 11 is 6.01. The quantitative estimate of drug-likeness (QED) is 0.772. The number of nitrogens with one attached hydrogen (secondary N) is 1. The Morgan fingerprint density at radius 1 is 1.25 bits per heavy atom. The van der Waals surface area contributed by atoms with Crippen LogP contribution in [0, 0.1) is 0 Å². The molecule has 3 aromatic heterocycles. The van der Waals surface area contributed by atoms with Crippen molar-refractivity contribution in [3.8, 4) is 0 Å². The van der Waals surface area contributed by atoms with Crippen LogP contribution in [0.25, 0.3) is 5.65 Å². The Balaban J connectivity index is 1.37. The molecule has 0 spiro atoms. The third-order valence-electron chi connectivity index (χ3n) is 4.38. The number of hydrogen-bond acceptors (Lipinski definition) is 5. The van der Waals surface area contributed by atoms with Crippen LogP contribution in [0.4, 0.5) is 5.82 Å². The van der Waals surface area contributed by atoms with Gasteiger partial charge in [0.25, 0.3) is 0 Å². The van der Waals surface area contributed by atoms with Gasteiger partial charge >= 0.3 is 0 Å². The summed E-state index contributed by atoms with van der Waals surface area (Å²) in [7, 11) is 0.